The van der Waals surface area contributed by atoms with Gasteiger partial charge in [-0.2, -0.15) is 0 Å². The van der Waals surface area contributed by atoms with Gasteiger partial charge in [0.1, 0.15) is 12.7 Å². The highest BCUT2D eigenvalue weighted by Gasteiger charge is 2.27. The average molecular weight is 877 g/mol. The Balaban J connectivity index is 4.67. The topological polar surface area (TPSA) is 189 Å². The Morgan fingerprint density at radius 3 is 1.57 bits per heavy atom. The number of aliphatic hydroxyl groups is 4. The van der Waals surface area contributed by atoms with E-state index in [0.29, 0.717) is 19.3 Å². The van der Waals surface area contributed by atoms with Gasteiger partial charge in [-0.1, -0.05) is 136 Å². The van der Waals surface area contributed by atoms with Crippen LogP contribution in [0.2, 0.25) is 0 Å². The van der Waals surface area contributed by atoms with Crippen LogP contribution in [0.4, 0.5) is 0 Å². The van der Waals surface area contributed by atoms with Crippen LogP contribution in [-0.4, -0.2) is 88.1 Å². The van der Waals surface area contributed by atoms with Gasteiger partial charge in [0.2, 0.25) is 0 Å². The molecular weight excluding hydrogens is 799 g/mol. The van der Waals surface area contributed by atoms with Gasteiger partial charge in [0, 0.05) is 12.8 Å². The maximum atomic E-state index is 12.7. The molecule has 0 saturated carbocycles. The van der Waals surface area contributed by atoms with Crippen molar-refractivity contribution in [3.8, 4) is 0 Å². The van der Waals surface area contributed by atoms with E-state index < -0.39 is 70.6 Å². The van der Waals surface area contributed by atoms with E-state index in [1.54, 1.807) is 6.08 Å². The molecule has 5 N–H and O–H groups in total. The number of hydrogen-bond donors (Lipinski definition) is 5. The summed E-state index contributed by atoms with van der Waals surface area (Å²) in [5.74, 6) is -1.32. The molecule has 0 aliphatic rings. The van der Waals surface area contributed by atoms with Crippen molar-refractivity contribution in [2.75, 3.05) is 26.4 Å². The Labute approximate surface area is 366 Å². The van der Waals surface area contributed by atoms with Gasteiger partial charge in [-0.25, -0.2) is 4.57 Å². The number of phosphoric acid groups is 1. The summed E-state index contributed by atoms with van der Waals surface area (Å²) in [5, 5.41) is 39.1. The highest BCUT2D eigenvalue weighted by Crippen LogP contribution is 2.43. The molecule has 5 atom stereocenters. The first-order valence-corrected chi connectivity index (χ1v) is 23.5. The van der Waals surface area contributed by atoms with Crippen LogP contribution in [0, 0.1) is 0 Å². The van der Waals surface area contributed by atoms with Gasteiger partial charge in [0.05, 0.1) is 32.0 Å². The highest BCUT2D eigenvalue weighted by molar-refractivity contribution is 7.47. The van der Waals surface area contributed by atoms with E-state index in [9.17, 15) is 34.4 Å². The number of esters is 2. The monoisotopic (exact) mass is 877 g/mol. The summed E-state index contributed by atoms with van der Waals surface area (Å²) >= 11 is 0. The third kappa shape index (κ3) is 40.4. The van der Waals surface area contributed by atoms with E-state index in [1.165, 1.54) is 19.3 Å². The maximum absolute atomic E-state index is 12.7. The zero-order chi connectivity index (χ0) is 45.1. The van der Waals surface area contributed by atoms with Crippen molar-refractivity contribution in [1.82, 2.24) is 0 Å². The van der Waals surface area contributed by atoms with Gasteiger partial charge in [-0.15, -0.1) is 0 Å². The Morgan fingerprint density at radius 1 is 0.557 bits per heavy atom. The fourth-order valence-electron chi connectivity index (χ4n) is 5.12. The second-order valence-electron chi connectivity index (χ2n) is 14.3. The first kappa shape index (κ1) is 57.5. The fraction of sp³-hybridized carbons (Fsp3) is 0.583. The van der Waals surface area contributed by atoms with E-state index in [0.717, 1.165) is 44.9 Å². The number of carbonyl (C=O) groups excluding carboxylic acids is 2. The number of hydrogen-bond acceptors (Lipinski definition) is 11. The number of aliphatic hydroxyl groups excluding tert-OH is 4. The normalized spacial score (nSPS) is 15.9. The van der Waals surface area contributed by atoms with Crippen molar-refractivity contribution in [3.63, 3.8) is 0 Å². The zero-order valence-electron chi connectivity index (χ0n) is 36.8. The standard InChI is InChI=1S/C48H77O12P/c1-3-5-7-9-11-13-15-17-18-19-20-21-22-23-25-27-29-31-33-37-47(53)57-41-44(42-59-61(55,56)58-40-43(50)39-49)60-48(54)38-34-36-46(52)45(51)35-32-30-28-26-24-16-14-12-10-8-6-4-2/h6,8,11-14,17-18,20-21,23-26,29-32,43-46,49-52H,3-5,7,9-10,15-16,19,22,27-28,33-42H2,1-2H3,(H,55,56)/b8-6-,13-11-,14-12-,18-17-,21-20-,25-23-,26-24-,31-29-,32-30-/t43-,44+,45+,46+/m0/s1. The predicted molar refractivity (Wildman–Crippen MR) is 244 cm³/mol. The summed E-state index contributed by atoms with van der Waals surface area (Å²) in [7, 11) is -4.73. The molecule has 0 saturated heterocycles. The molecular formula is C48H77O12P. The van der Waals surface area contributed by atoms with Crippen LogP contribution in [0.5, 0.6) is 0 Å². The third-order valence-electron chi connectivity index (χ3n) is 8.63. The first-order valence-electron chi connectivity index (χ1n) is 22.0. The number of carbonyl (C=O) groups is 2. The lowest BCUT2D eigenvalue weighted by molar-refractivity contribution is -0.161. The molecule has 0 aliphatic carbocycles. The molecule has 0 bridgehead atoms. The van der Waals surface area contributed by atoms with Gasteiger partial charge >= 0.3 is 19.8 Å². The second-order valence-corrected chi connectivity index (χ2v) is 15.7. The third-order valence-corrected chi connectivity index (χ3v) is 9.58. The molecule has 0 aromatic heterocycles. The van der Waals surface area contributed by atoms with Crippen LogP contribution in [0.3, 0.4) is 0 Å². The number of unbranched alkanes of at least 4 members (excludes halogenated alkanes) is 3. The SMILES string of the molecule is CC/C=C\C/C=C\C/C=C\C/C=C\C[C@@H](O)[C@H](O)CCCC(=O)O[C@H](COC(=O)CC/C=C\C/C=C\C/C=C\C/C=C\C/C=C\CCCCC)COP(=O)(O)OC[C@@H](O)CO. The molecule has 1 unspecified atom stereocenters. The molecule has 0 aliphatic heterocycles. The Morgan fingerprint density at radius 2 is 1.05 bits per heavy atom. The van der Waals surface area contributed by atoms with Crippen molar-refractivity contribution in [3.05, 3.63) is 109 Å². The molecule has 346 valence electrons. The van der Waals surface area contributed by atoms with Crippen LogP contribution in [0.1, 0.15) is 129 Å². The summed E-state index contributed by atoms with van der Waals surface area (Å²) in [4.78, 5) is 35.0. The van der Waals surface area contributed by atoms with Crippen molar-refractivity contribution >= 4 is 19.8 Å². The Hall–Kier alpha value is -3.45. The van der Waals surface area contributed by atoms with Crippen LogP contribution in [0.25, 0.3) is 0 Å². The van der Waals surface area contributed by atoms with Gasteiger partial charge in [-0.3, -0.25) is 18.6 Å². The molecule has 0 amide bonds. The lowest BCUT2D eigenvalue weighted by Gasteiger charge is -2.20. The van der Waals surface area contributed by atoms with Crippen molar-refractivity contribution in [2.24, 2.45) is 0 Å². The number of ether oxygens (including phenoxy) is 2. The average Bonchev–Trinajstić information content (AvgIpc) is 3.24. The molecule has 12 nitrogen and oxygen atoms in total. The largest absolute Gasteiger partial charge is 0.472 e. The lowest BCUT2D eigenvalue weighted by Crippen LogP contribution is -2.30. The summed E-state index contributed by atoms with van der Waals surface area (Å²) in [5.41, 5.74) is 0. The molecule has 13 heteroatoms. The molecule has 0 heterocycles. The van der Waals surface area contributed by atoms with E-state index in [1.807, 2.05) is 30.4 Å². The smallest absolute Gasteiger partial charge is 0.462 e. The van der Waals surface area contributed by atoms with Gasteiger partial charge in [0.25, 0.3) is 0 Å². The Kier molecular flexibility index (Phi) is 39.5. The summed E-state index contributed by atoms with van der Waals surface area (Å²) in [6.45, 7) is 1.79. The molecule has 0 fully saturated rings. The molecule has 0 aromatic carbocycles. The van der Waals surface area contributed by atoms with Gasteiger partial charge < -0.3 is 34.8 Å². The fourth-order valence-corrected chi connectivity index (χ4v) is 5.91. The van der Waals surface area contributed by atoms with Crippen LogP contribution >= 0.6 is 7.82 Å². The van der Waals surface area contributed by atoms with Crippen LogP contribution in [-0.2, 0) is 32.7 Å². The summed E-state index contributed by atoms with van der Waals surface area (Å²) < 4.78 is 32.4. The quantitative estimate of drug-likeness (QED) is 0.0170. The lowest BCUT2D eigenvalue weighted by atomic mass is 10.0. The molecule has 0 radical (unpaired) electrons. The number of rotatable bonds is 39. The van der Waals surface area contributed by atoms with Crippen molar-refractivity contribution in [2.45, 2.75) is 154 Å². The van der Waals surface area contributed by atoms with Crippen molar-refractivity contribution < 1.29 is 58.0 Å². The molecule has 61 heavy (non-hydrogen) atoms. The van der Waals surface area contributed by atoms with E-state index in [2.05, 4.69) is 91.3 Å². The number of allylic oxidation sites excluding steroid dienone is 17. The molecule has 0 rings (SSSR count). The van der Waals surface area contributed by atoms with Gasteiger partial charge in [0.15, 0.2) is 6.10 Å². The molecule has 0 spiro atoms. The van der Waals surface area contributed by atoms with Crippen LogP contribution < -0.4 is 0 Å². The van der Waals surface area contributed by atoms with Crippen LogP contribution in [0.15, 0.2) is 109 Å². The second kappa shape index (κ2) is 41.9. The van der Waals surface area contributed by atoms with E-state index in [4.69, 9.17) is 19.1 Å². The Bertz CT molecular complexity index is 1410. The maximum Gasteiger partial charge on any atom is 0.472 e. The highest BCUT2D eigenvalue weighted by atomic mass is 31.2. The minimum atomic E-state index is -4.73. The van der Waals surface area contributed by atoms with E-state index in [-0.39, 0.29) is 32.1 Å². The predicted octanol–water partition coefficient (Wildman–Crippen LogP) is 9.72. The molecule has 0 aromatic rings. The van der Waals surface area contributed by atoms with Crippen molar-refractivity contribution in [1.29, 1.82) is 0 Å². The minimum absolute atomic E-state index is 0.0500. The summed E-state index contributed by atoms with van der Waals surface area (Å²) in [6, 6.07) is 0. The number of phosphoric ester groups is 1. The van der Waals surface area contributed by atoms with E-state index >= 15 is 0 Å². The van der Waals surface area contributed by atoms with Gasteiger partial charge in [-0.05, 0) is 89.9 Å². The minimum Gasteiger partial charge on any atom is -0.462 e. The zero-order valence-corrected chi connectivity index (χ0v) is 37.7. The first-order chi connectivity index (χ1) is 29.5. The summed E-state index contributed by atoms with van der Waals surface area (Å²) in [6.07, 6.45) is 45.2.